The average Bonchev–Trinajstić information content (AvgIpc) is 2.32. The first-order valence-electron chi connectivity index (χ1n) is 5.90. The molecule has 2 N–H and O–H groups in total. The molecule has 6 heteroatoms. The van der Waals surface area contributed by atoms with Gasteiger partial charge in [-0.3, -0.25) is 0 Å². The van der Waals surface area contributed by atoms with Crippen molar-refractivity contribution in [1.82, 2.24) is 9.97 Å². The van der Waals surface area contributed by atoms with E-state index in [2.05, 4.69) is 43.2 Å². The highest BCUT2D eigenvalue weighted by molar-refractivity contribution is 14.1. The maximum Gasteiger partial charge on any atom is 0.136 e. The van der Waals surface area contributed by atoms with Crippen LogP contribution in [0.2, 0.25) is 5.02 Å². The van der Waals surface area contributed by atoms with Gasteiger partial charge < -0.3 is 10.6 Å². The van der Waals surface area contributed by atoms with Crippen LogP contribution in [0, 0.1) is 10.5 Å². The van der Waals surface area contributed by atoms with Crippen LogP contribution in [0.4, 0.5) is 17.3 Å². The second-order valence-corrected chi connectivity index (χ2v) is 5.56. The molecule has 0 saturated carbocycles. The van der Waals surface area contributed by atoms with Gasteiger partial charge in [-0.25, -0.2) is 9.97 Å². The lowest BCUT2D eigenvalue weighted by Gasteiger charge is -2.10. The molecule has 0 aliphatic heterocycles. The van der Waals surface area contributed by atoms with Crippen molar-refractivity contribution in [1.29, 1.82) is 0 Å². The van der Waals surface area contributed by atoms with Gasteiger partial charge in [0.2, 0.25) is 0 Å². The average molecular weight is 389 g/mol. The highest BCUT2D eigenvalue weighted by Crippen LogP contribution is 2.25. The van der Waals surface area contributed by atoms with Crippen LogP contribution in [0.25, 0.3) is 0 Å². The fourth-order valence-electron chi connectivity index (χ4n) is 1.63. The van der Waals surface area contributed by atoms with Gasteiger partial charge >= 0.3 is 0 Å². The first-order valence-corrected chi connectivity index (χ1v) is 7.36. The van der Waals surface area contributed by atoms with Crippen molar-refractivity contribution >= 4 is 51.5 Å². The van der Waals surface area contributed by atoms with Gasteiger partial charge in [-0.15, -0.1) is 0 Å². The lowest BCUT2D eigenvalue weighted by atomic mass is 10.3. The fourth-order valence-corrected chi connectivity index (χ4v) is 2.64. The van der Waals surface area contributed by atoms with Crippen LogP contribution >= 0.6 is 34.2 Å². The smallest absolute Gasteiger partial charge is 0.136 e. The third-order valence-corrected chi connectivity index (χ3v) is 3.52. The zero-order valence-corrected chi connectivity index (χ0v) is 13.6. The second kappa shape index (κ2) is 6.38. The third kappa shape index (κ3) is 3.94. The van der Waals surface area contributed by atoms with Crippen LogP contribution in [-0.2, 0) is 0 Å². The molecule has 1 aromatic carbocycles. The summed E-state index contributed by atoms with van der Waals surface area (Å²) in [5.74, 6) is 2.31. The number of rotatable bonds is 4. The summed E-state index contributed by atoms with van der Waals surface area (Å²) in [6, 6.07) is 7.59. The highest BCUT2D eigenvalue weighted by Gasteiger charge is 2.05. The molecule has 0 bridgehead atoms. The molecule has 1 heterocycles. The Morgan fingerprint density at radius 2 is 1.95 bits per heavy atom. The van der Waals surface area contributed by atoms with Gasteiger partial charge in [0.05, 0.1) is 5.69 Å². The molecule has 0 unspecified atom stereocenters. The summed E-state index contributed by atoms with van der Waals surface area (Å²) in [5, 5.41) is 7.19. The van der Waals surface area contributed by atoms with E-state index in [0.29, 0.717) is 0 Å². The van der Waals surface area contributed by atoms with Gasteiger partial charge in [0.25, 0.3) is 0 Å². The molecular formula is C13H14ClIN4. The van der Waals surface area contributed by atoms with Crippen LogP contribution in [0.1, 0.15) is 12.7 Å². The Morgan fingerprint density at radius 1 is 1.21 bits per heavy atom. The zero-order valence-electron chi connectivity index (χ0n) is 10.7. The van der Waals surface area contributed by atoms with Crippen molar-refractivity contribution in [3.05, 3.63) is 38.7 Å². The number of aryl methyl sites for hydroxylation is 1. The fraction of sp³-hybridized carbons (Fsp3) is 0.231. The van der Waals surface area contributed by atoms with Crippen LogP contribution in [0.5, 0.6) is 0 Å². The summed E-state index contributed by atoms with van der Waals surface area (Å²) in [4.78, 5) is 8.69. The predicted molar refractivity (Wildman–Crippen MR) is 88.4 cm³/mol. The first kappa shape index (κ1) is 14.3. The Balaban J connectivity index is 2.27. The van der Waals surface area contributed by atoms with Crippen LogP contribution in [0.3, 0.4) is 0 Å². The number of aromatic nitrogens is 2. The number of hydrogen-bond acceptors (Lipinski definition) is 4. The van der Waals surface area contributed by atoms with Crippen LogP contribution in [0.15, 0.2) is 24.3 Å². The molecule has 0 amide bonds. The van der Waals surface area contributed by atoms with Crippen molar-refractivity contribution in [2.45, 2.75) is 13.8 Å². The van der Waals surface area contributed by atoms with E-state index in [9.17, 15) is 0 Å². The molecular weight excluding hydrogens is 375 g/mol. The van der Waals surface area contributed by atoms with E-state index >= 15 is 0 Å². The minimum Gasteiger partial charge on any atom is -0.370 e. The highest BCUT2D eigenvalue weighted by atomic mass is 127. The van der Waals surface area contributed by atoms with Gasteiger partial charge in [-0.2, -0.15) is 0 Å². The van der Waals surface area contributed by atoms with E-state index in [1.165, 1.54) is 0 Å². The number of nitrogens with one attached hydrogen (secondary N) is 2. The Morgan fingerprint density at radius 3 is 2.63 bits per heavy atom. The number of anilines is 3. The van der Waals surface area contributed by atoms with Crippen molar-refractivity contribution in [3.8, 4) is 0 Å². The maximum atomic E-state index is 5.94. The quantitative estimate of drug-likeness (QED) is 0.770. The number of halogens is 2. The number of nitrogens with zero attached hydrogens (tertiary/aromatic N) is 2. The van der Waals surface area contributed by atoms with Crippen molar-refractivity contribution in [2.24, 2.45) is 0 Å². The summed E-state index contributed by atoms with van der Waals surface area (Å²) in [6.45, 7) is 4.74. The standard InChI is InChI=1S/C13H14ClIN4/c1-3-16-12-7-13(18-8(2)17-12)19-11-5-4-9(14)6-10(11)15/h4-7H,3H2,1-2H3,(H2,16,17,18,19). The summed E-state index contributed by atoms with van der Waals surface area (Å²) < 4.78 is 1.05. The molecule has 2 rings (SSSR count). The summed E-state index contributed by atoms with van der Waals surface area (Å²) >= 11 is 8.18. The lowest BCUT2D eigenvalue weighted by Crippen LogP contribution is -2.04. The minimum atomic E-state index is 0.724. The summed E-state index contributed by atoms with van der Waals surface area (Å²) in [6.07, 6.45) is 0. The Hall–Kier alpha value is -1.08. The molecule has 4 nitrogen and oxygen atoms in total. The van der Waals surface area contributed by atoms with Crippen molar-refractivity contribution in [2.75, 3.05) is 17.2 Å². The van der Waals surface area contributed by atoms with E-state index in [4.69, 9.17) is 11.6 Å². The molecule has 1 aromatic heterocycles. The van der Waals surface area contributed by atoms with E-state index in [-0.39, 0.29) is 0 Å². The number of benzene rings is 1. The second-order valence-electron chi connectivity index (χ2n) is 3.97. The Labute approximate surface area is 131 Å². The Kier molecular flexibility index (Phi) is 4.81. The van der Waals surface area contributed by atoms with Gasteiger partial charge in [0.15, 0.2) is 0 Å². The number of hydrogen-bond donors (Lipinski definition) is 2. The summed E-state index contributed by atoms with van der Waals surface area (Å²) in [5.41, 5.74) is 0.977. The van der Waals surface area contributed by atoms with E-state index in [0.717, 1.165) is 38.3 Å². The maximum absolute atomic E-state index is 5.94. The molecule has 0 radical (unpaired) electrons. The molecule has 0 fully saturated rings. The Bertz CT molecular complexity index is 589. The van der Waals surface area contributed by atoms with E-state index in [1.807, 2.05) is 38.1 Å². The molecule has 19 heavy (non-hydrogen) atoms. The van der Waals surface area contributed by atoms with Crippen LogP contribution in [-0.4, -0.2) is 16.5 Å². The predicted octanol–water partition coefficient (Wildman–Crippen LogP) is 4.22. The van der Waals surface area contributed by atoms with Crippen molar-refractivity contribution < 1.29 is 0 Å². The normalized spacial score (nSPS) is 10.3. The zero-order chi connectivity index (χ0) is 13.8. The van der Waals surface area contributed by atoms with E-state index in [1.54, 1.807) is 0 Å². The topological polar surface area (TPSA) is 49.8 Å². The minimum absolute atomic E-state index is 0.724. The monoisotopic (exact) mass is 388 g/mol. The molecule has 0 aliphatic rings. The molecule has 0 atom stereocenters. The third-order valence-electron chi connectivity index (χ3n) is 2.39. The molecule has 2 aromatic rings. The van der Waals surface area contributed by atoms with Gasteiger partial charge in [-0.1, -0.05) is 11.6 Å². The summed E-state index contributed by atoms with van der Waals surface area (Å²) in [7, 11) is 0. The molecule has 100 valence electrons. The largest absolute Gasteiger partial charge is 0.370 e. The van der Waals surface area contributed by atoms with Gasteiger partial charge in [0, 0.05) is 21.2 Å². The lowest BCUT2D eigenvalue weighted by molar-refractivity contribution is 1.04. The molecule has 0 spiro atoms. The van der Waals surface area contributed by atoms with Crippen LogP contribution < -0.4 is 10.6 Å². The molecule has 0 aliphatic carbocycles. The van der Waals surface area contributed by atoms with Crippen molar-refractivity contribution in [3.63, 3.8) is 0 Å². The van der Waals surface area contributed by atoms with Gasteiger partial charge in [0.1, 0.15) is 17.5 Å². The van der Waals surface area contributed by atoms with E-state index < -0.39 is 0 Å². The SMILES string of the molecule is CCNc1cc(Nc2ccc(Cl)cc2I)nc(C)n1. The molecule has 0 saturated heterocycles. The van der Waals surface area contributed by atoms with Gasteiger partial charge in [-0.05, 0) is 54.6 Å². The first-order chi connectivity index (χ1) is 9.08.